The van der Waals surface area contributed by atoms with Crippen LogP contribution in [0.25, 0.3) is 10.9 Å². The zero-order chi connectivity index (χ0) is 44.8. The third kappa shape index (κ3) is 8.64. The second-order valence-electron chi connectivity index (χ2n) is 17.8. The number of imide groups is 1. The lowest BCUT2D eigenvalue weighted by atomic mass is 9.83. The Morgan fingerprint density at radius 1 is 0.984 bits per heavy atom. The van der Waals surface area contributed by atoms with Gasteiger partial charge in [0.25, 0.3) is 17.4 Å². The molecule has 0 unspecified atom stereocenters. The Hall–Kier alpha value is -5.65. The summed E-state index contributed by atoms with van der Waals surface area (Å²) < 4.78 is 29.8. The molecule has 4 fully saturated rings. The number of halogens is 2. The molecule has 3 saturated heterocycles. The van der Waals surface area contributed by atoms with Crippen LogP contribution in [0.4, 0.5) is 21.8 Å². The molecule has 16 nitrogen and oxygen atoms in total. The molecular formula is C46H53ClFN9O7. The van der Waals surface area contributed by atoms with E-state index in [0.29, 0.717) is 45.2 Å². The van der Waals surface area contributed by atoms with Crippen LogP contribution in [-0.2, 0) is 25.7 Å². The van der Waals surface area contributed by atoms with Gasteiger partial charge in [0.05, 0.1) is 30.5 Å². The minimum Gasteiger partial charge on any atom is -0.478 e. The number of piperidine rings is 3. The predicted molar refractivity (Wildman–Crippen MR) is 238 cm³/mol. The average Bonchev–Trinajstić information content (AvgIpc) is 3.61. The van der Waals surface area contributed by atoms with E-state index in [9.17, 15) is 24.0 Å². The Morgan fingerprint density at radius 3 is 2.47 bits per heavy atom. The van der Waals surface area contributed by atoms with E-state index in [4.69, 9.17) is 26.1 Å². The molecule has 2 aromatic heterocycles. The summed E-state index contributed by atoms with van der Waals surface area (Å²) in [6, 6.07) is 10.2. The summed E-state index contributed by atoms with van der Waals surface area (Å²) in [7, 11) is 1.51. The molecule has 9 rings (SSSR count). The Morgan fingerprint density at radius 2 is 1.75 bits per heavy atom. The predicted octanol–water partition coefficient (Wildman–Crippen LogP) is 5.19. The van der Waals surface area contributed by atoms with Crippen molar-refractivity contribution < 1.29 is 33.0 Å². The number of likely N-dealkylation sites (N-methyl/N-ethyl adjacent to an activating group) is 1. The van der Waals surface area contributed by atoms with E-state index in [0.717, 1.165) is 75.6 Å². The highest BCUT2D eigenvalue weighted by atomic mass is 35.5. The molecular weight excluding hydrogens is 845 g/mol. The summed E-state index contributed by atoms with van der Waals surface area (Å²) in [4.78, 5) is 77.7. The highest BCUT2D eigenvalue weighted by Gasteiger charge is 2.42. The van der Waals surface area contributed by atoms with Crippen LogP contribution >= 0.6 is 11.6 Å². The van der Waals surface area contributed by atoms with Crippen LogP contribution in [0.2, 0.25) is 5.02 Å². The molecule has 1 saturated carbocycles. The summed E-state index contributed by atoms with van der Waals surface area (Å²) in [5, 5.41) is 9.23. The molecule has 0 bridgehead atoms. The van der Waals surface area contributed by atoms with Gasteiger partial charge in [0.15, 0.2) is 18.2 Å². The number of anilines is 3. The number of pyridine rings is 1. The molecule has 5 aliphatic rings. The number of nitrogens with one attached hydrogen (secondary N) is 3. The number of nitrogens with zero attached hydrogens (tertiary/aromatic N) is 6. The van der Waals surface area contributed by atoms with E-state index in [1.165, 1.54) is 11.9 Å². The molecule has 1 atom stereocenters. The number of hydrogen-bond acceptors (Lipinski definition) is 12. The van der Waals surface area contributed by atoms with Gasteiger partial charge in [-0.25, -0.2) is 9.37 Å². The van der Waals surface area contributed by atoms with Crippen molar-refractivity contribution >= 4 is 63.6 Å². The molecule has 2 aromatic carbocycles. The van der Waals surface area contributed by atoms with Crippen LogP contribution in [0, 0.1) is 5.82 Å². The number of ether oxygens (including phenoxy) is 2. The maximum absolute atomic E-state index is 16.0. The molecule has 0 radical (unpaired) electrons. The second kappa shape index (κ2) is 18.1. The van der Waals surface area contributed by atoms with Crippen molar-refractivity contribution in [3.05, 3.63) is 80.5 Å². The van der Waals surface area contributed by atoms with Crippen molar-refractivity contribution in [3.8, 4) is 5.75 Å². The van der Waals surface area contributed by atoms with E-state index in [1.54, 1.807) is 29.0 Å². The number of hydrogen-bond donors (Lipinski definition) is 3. The lowest BCUT2D eigenvalue weighted by molar-refractivity contribution is -0.137. The van der Waals surface area contributed by atoms with Gasteiger partial charge in [-0.3, -0.25) is 29.3 Å². The smallest absolute Gasteiger partial charge is 0.293 e. The van der Waals surface area contributed by atoms with Crippen molar-refractivity contribution in [1.82, 2.24) is 35.0 Å². The highest BCUT2D eigenvalue weighted by Crippen LogP contribution is 2.39. The second-order valence-corrected chi connectivity index (χ2v) is 18.2. The van der Waals surface area contributed by atoms with E-state index < -0.39 is 11.9 Å². The fourth-order valence-electron chi connectivity index (χ4n) is 9.89. The fraction of sp³-hybridized carbons (Fsp3) is 0.500. The maximum Gasteiger partial charge on any atom is 0.293 e. The lowest BCUT2D eigenvalue weighted by Gasteiger charge is -2.47. The van der Waals surface area contributed by atoms with Crippen LogP contribution < -0.4 is 31.1 Å². The quantitative estimate of drug-likeness (QED) is 0.159. The first kappa shape index (κ1) is 43.6. The van der Waals surface area contributed by atoms with Gasteiger partial charge in [0, 0.05) is 60.8 Å². The van der Waals surface area contributed by atoms with Gasteiger partial charge in [0.1, 0.15) is 16.9 Å². The SMILES string of the molecule is CNC(=O)COc1cc2cc(Nc3nc(N4CCC(OC5CC(N6CCC(c7ccc8c(c7F)CN([C@@H]7CCC(=O)NC7=O)C8=O)CC6)C5)CC4)ncc3Cl)ccc2n(C(C)C)c1=O. The first-order valence-electron chi connectivity index (χ1n) is 22.3. The van der Waals surface area contributed by atoms with Crippen molar-refractivity contribution in [3.63, 3.8) is 0 Å². The highest BCUT2D eigenvalue weighted by molar-refractivity contribution is 6.33. The van der Waals surface area contributed by atoms with E-state index in [2.05, 4.69) is 30.7 Å². The molecule has 1 aliphatic carbocycles. The topological polar surface area (TPSA) is 180 Å². The van der Waals surface area contributed by atoms with Crippen molar-refractivity contribution in [2.45, 2.75) is 108 Å². The number of likely N-dealkylation sites (tertiary alicyclic amines) is 1. The molecule has 4 aromatic rings. The molecule has 4 aliphatic heterocycles. The number of fused-ring (bicyclic) bond motifs is 2. The fourth-order valence-corrected chi connectivity index (χ4v) is 10.0. The normalized spacial score (nSPS) is 22.2. The number of amides is 4. The van der Waals surface area contributed by atoms with Crippen molar-refractivity contribution in [1.29, 1.82) is 0 Å². The summed E-state index contributed by atoms with van der Waals surface area (Å²) in [5.41, 5.74) is 2.41. The molecule has 0 spiro atoms. The minimum atomic E-state index is -0.769. The summed E-state index contributed by atoms with van der Waals surface area (Å²) >= 11 is 6.59. The maximum atomic E-state index is 16.0. The van der Waals surface area contributed by atoms with Crippen LogP contribution in [-0.4, -0.2) is 112 Å². The van der Waals surface area contributed by atoms with E-state index in [-0.39, 0.29) is 85.0 Å². The Labute approximate surface area is 374 Å². The first-order chi connectivity index (χ1) is 30.8. The van der Waals surface area contributed by atoms with Crippen molar-refractivity contribution in [2.24, 2.45) is 0 Å². The van der Waals surface area contributed by atoms with Crippen LogP contribution in [0.15, 0.2) is 47.4 Å². The summed E-state index contributed by atoms with van der Waals surface area (Å²) in [6.07, 6.45) is 7.63. The van der Waals surface area contributed by atoms with Gasteiger partial charge in [-0.15, -0.1) is 0 Å². The monoisotopic (exact) mass is 897 g/mol. The van der Waals surface area contributed by atoms with Gasteiger partial charge >= 0.3 is 0 Å². The zero-order valence-corrected chi connectivity index (χ0v) is 37.0. The first-order valence-corrected chi connectivity index (χ1v) is 22.7. The number of aromatic nitrogens is 3. The van der Waals surface area contributed by atoms with Gasteiger partial charge in [-0.2, -0.15) is 4.98 Å². The van der Waals surface area contributed by atoms with Crippen LogP contribution in [0.1, 0.15) is 98.7 Å². The molecule has 64 heavy (non-hydrogen) atoms. The van der Waals surface area contributed by atoms with Gasteiger partial charge < -0.3 is 39.4 Å². The van der Waals surface area contributed by atoms with Gasteiger partial charge in [0.2, 0.25) is 17.8 Å². The Bertz CT molecular complexity index is 2550. The largest absolute Gasteiger partial charge is 0.478 e. The molecule has 6 heterocycles. The Balaban J connectivity index is 0.746. The van der Waals surface area contributed by atoms with Crippen LogP contribution in [0.3, 0.4) is 0 Å². The van der Waals surface area contributed by atoms with Gasteiger partial charge in [-0.1, -0.05) is 17.7 Å². The molecule has 4 amide bonds. The third-order valence-electron chi connectivity index (χ3n) is 13.5. The summed E-state index contributed by atoms with van der Waals surface area (Å²) in [5.74, 6) is -0.732. The van der Waals surface area contributed by atoms with Crippen molar-refractivity contribution in [2.75, 3.05) is 50.1 Å². The lowest BCUT2D eigenvalue weighted by Crippen LogP contribution is -2.52. The number of carbonyl (C=O) groups excluding carboxylic acids is 4. The van der Waals surface area contributed by atoms with Gasteiger partial charge in [-0.05, 0) is 114 Å². The van der Waals surface area contributed by atoms with E-state index in [1.807, 2.05) is 32.0 Å². The minimum absolute atomic E-state index is 0.0380. The van der Waals surface area contributed by atoms with E-state index >= 15 is 4.39 Å². The number of rotatable bonds is 12. The Kier molecular flexibility index (Phi) is 12.3. The summed E-state index contributed by atoms with van der Waals surface area (Å²) in [6.45, 7) is 6.81. The molecule has 338 valence electrons. The standard InChI is InChI=1S/C46H53ClFN9O7/c1-25(2)57-36-7-4-28(18-27(36)19-38(45(57)62)63-24-40(59)49-3)51-42-35(47)22-50-46(53-42)55-16-12-30(13-17-55)64-31-20-29(21-31)54-14-10-26(11-15-54)32-5-6-33-34(41(32)48)23-56(44(33)61)37-8-9-39(58)52-43(37)60/h4-7,18-19,22,25-26,29-31,37H,8-17,20-21,23-24H2,1-3H3,(H,49,59)(H,50,51,53)(H,52,58,60)/t29?,31?,37-/m1/s1. The zero-order valence-electron chi connectivity index (χ0n) is 36.2. The van der Waals surface area contributed by atoms with Crippen LogP contribution in [0.5, 0.6) is 5.75 Å². The third-order valence-corrected chi connectivity index (χ3v) is 13.8. The molecule has 18 heteroatoms. The number of carbonyl (C=O) groups is 4. The average molecular weight is 898 g/mol. The molecule has 3 N–H and O–H groups in total. The number of benzene rings is 2.